The molecule has 6 heteroatoms. The molecule has 0 aromatic heterocycles. The second kappa shape index (κ2) is 5.62. The van der Waals surface area contributed by atoms with E-state index in [0.29, 0.717) is 17.1 Å². The number of nitrogens with one attached hydrogen (secondary N) is 2. The van der Waals surface area contributed by atoms with Crippen LogP contribution in [-0.4, -0.2) is 15.5 Å². The molecule has 0 heterocycles. The van der Waals surface area contributed by atoms with E-state index in [9.17, 15) is 8.42 Å². The maximum Gasteiger partial charge on any atom is 0.321 e. The van der Waals surface area contributed by atoms with Gasteiger partial charge in [-0.15, -0.1) is 0 Å². The number of methoxy groups -OCH3 is 1. The number of anilines is 2. The smallest absolute Gasteiger partial charge is 0.321 e. The van der Waals surface area contributed by atoms with Gasteiger partial charge in [0.25, 0.3) is 0 Å². The average molecular weight is 278 g/mol. The van der Waals surface area contributed by atoms with Crippen LogP contribution in [-0.2, 0) is 10.2 Å². The van der Waals surface area contributed by atoms with Crippen molar-refractivity contribution in [2.24, 2.45) is 0 Å². The topological polar surface area (TPSA) is 67.4 Å². The zero-order valence-electron chi connectivity index (χ0n) is 10.3. The van der Waals surface area contributed by atoms with Gasteiger partial charge in [-0.1, -0.05) is 30.3 Å². The van der Waals surface area contributed by atoms with E-state index < -0.39 is 10.2 Å². The summed E-state index contributed by atoms with van der Waals surface area (Å²) >= 11 is 0. The lowest BCUT2D eigenvalue weighted by Gasteiger charge is -2.12. The third kappa shape index (κ3) is 3.62. The summed E-state index contributed by atoms with van der Waals surface area (Å²) in [6.45, 7) is 0. The summed E-state index contributed by atoms with van der Waals surface area (Å²) in [4.78, 5) is 0. The quantitative estimate of drug-likeness (QED) is 0.882. The van der Waals surface area contributed by atoms with Crippen molar-refractivity contribution < 1.29 is 13.2 Å². The van der Waals surface area contributed by atoms with Gasteiger partial charge in [-0.2, -0.15) is 8.42 Å². The van der Waals surface area contributed by atoms with E-state index >= 15 is 0 Å². The molecule has 0 fully saturated rings. The van der Waals surface area contributed by atoms with Crippen LogP contribution in [0.3, 0.4) is 0 Å². The Balaban J connectivity index is 2.18. The van der Waals surface area contributed by atoms with Crippen molar-refractivity contribution >= 4 is 21.6 Å². The molecule has 2 aromatic rings. The fraction of sp³-hybridized carbons (Fsp3) is 0.0769. The fourth-order valence-corrected chi connectivity index (χ4v) is 2.52. The molecule has 0 atom stereocenters. The normalized spacial score (nSPS) is 10.8. The molecule has 0 bridgehead atoms. The molecule has 0 radical (unpaired) electrons. The Hall–Kier alpha value is -2.21. The number of benzene rings is 2. The minimum atomic E-state index is -3.70. The Labute approximate surface area is 112 Å². The highest BCUT2D eigenvalue weighted by Gasteiger charge is 2.12. The van der Waals surface area contributed by atoms with Crippen molar-refractivity contribution in [3.63, 3.8) is 0 Å². The molecular formula is C13H14N2O3S. The van der Waals surface area contributed by atoms with Crippen LogP contribution in [0.5, 0.6) is 5.75 Å². The Morgan fingerprint density at radius 3 is 2.21 bits per heavy atom. The predicted molar refractivity (Wildman–Crippen MR) is 75.6 cm³/mol. The number of rotatable bonds is 5. The van der Waals surface area contributed by atoms with Gasteiger partial charge in [0.2, 0.25) is 0 Å². The minimum Gasteiger partial charge on any atom is -0.495 e. The molecule has 0 unspecified atom stereocenters. The highest BCUT2D eigenvalue weighted by Crippen LogP contribution is 2.24. The zero-order valence-corrected chi connectivity index (χ0v) is 11.1. The van der Waals surface area contributed by atoms with Crippen molar-refractivity contribution in [3.8, 4) is 5.75 Å². The van der Waals surface area contributed by atoms with Crippen molar-refractivity contribution in [3.05, 3.63) is 54.6 Å². The Morgan fingerprint density at radius 1 is 0.895 bits per heavy atom. The highest BCUT2D eigenvalue weighted by atomic mass is 32.2. The minimum absolute atomic E-state index is 0.383. The van der Waals surface area contributed by atoms with Crippen molar-refractivity contribution in [2.75, 3.05) is 16.6 Å². The molecular weight excluding hydrogens is 264 g/mol. The SMILES string of the molecule is COc1ccccc1NS(=O)(=O)Nc1ccccc1. The van der Waals surface area contributed by atoms with Gasteiger partial charge >= 0.3 is 10.2 Å². The Morgan fingerprint density at radius 2 is 1.53 bits per heavy atom. The van der Waals surface area contributed by atoms with Crippen molar-refractivity contribution in [2.45, 2.75) is 0 Å². The molecule has 0 saturated carbocycles. The first-order chi connectivity index (χ1) is 9.11. The van der Waals surface area contributed by atoms with Gasteiger partial charge in [-0.3, -0.25) is 9.44 Å². The molecule has 2 rings (SSSR count). The van der Waals surface area contributed by atoms with Crippen LogP contribution in [0.4, 0.5) is 11.4 Å². The number of hydrogen-bond donors (Lipinski definition) is 2. The lowest BCUT2D eigenvalue weighted by molar-refractivity contribution is 0.417. The van der Waals surface area contributed by atoms with Crippen LogP contribution in [0.1, 0.15) is 0 Å². The molecule has 0 aliphatic rings. The third-order valence-corrected chi connectivity index (χ3v) is 3.37. The van der Waals surface area contributed by atoms with Crippen LogP contribution in [0, 0.1) is 0 Å². The van der Waals surface area contributed by atoms with E-state index in [1.165, 1.54) is 7.11 Å². The molecule has 0 aliphatic heterocycles. The van der Waals surface area contributed by atoms with Crippen LogP contribution in [0.15, 0.2) is 54.6 Å². The molecule has 0 amide bonds. The van der Waals surface area contributed by atoms with Gasteiger partial charge in [0.1, 0.15) is 5.75 Å². The molecule has 5 nitrogen and oxygen atoms in total. The molecule has 2 N–H and O–H groups in total. The van der Waals surface area contributed by atoms with Gasteiger partial charge < -0.3 is 4.74 Å². The van der Waals surface area contributed by atoms with E-state index in [-0.39, 0.29) is 0 Å². The maximum absolute atomic E-state index is 12.0. The summed E-state index contributed by atoms with van der Waals surface area (Å²) in [6, 6.07) is 15.4. The van der Waals surface area contributed by atoms with Crippen LogP contribution < -0.4 is 14.2 Å². The Kier molecular flexibility index (Phi) is 3.91. The average Bonchev–Trinajstić information content (AvgIpc) is 2.39. The molecule has 100 valence electrons. The molecule has 0 spiro atoms. The lowest BCUT2D eigenvalue weighted by atomic mass is 10.3. The first-order valence-electron chi connectivity index (χ1n) is 5.59. The monoisotopic (exact) mass is 278 g/mol. The van der Waals surface area contributed by atoms with Gasteiger partial charge in [0.05, 0.1) is 18.5 Å². The predicted octanol–water partition coefficient (Wildman–Crippen LogP) is 2.46. The van der Waals surface area contributed by atoms with Gasteiger partial charge in [-0.25, -0.2) is 0 Å². The standard InChI is InChI=1S/C13H14N2O3S/c1-18-13-10-6-5-9-12(13)15-19(16,17)14-11-7-3-2-4-8-11/h2-10,14-15H,1H3. The zero-order chi connectivity index (χ0) is 13.7. The van der Waals surface area contributed by atoms with E-state index in [2.05, 4.69) is 9.44 Å². The number of ether oxygens (including phenoxy) is 1. The highest BCUT2D eigenvalue weighted by molar-refractivity contribution is 7.94. The summed E-state index contributed by atoms with van der Waals surface area (Å²) in [5.74, 6) is 0.459. The summed E-state index contributed by atoms with van der Waals surface area (Å²) in [6.07, 6.45) is 0. The maximum atomic E-state index is 12.0. The summed E-state index contributed by atoms with van der Waals surface area (Å²) < 4.78 is 33.9. The largest absolute Gasteiger partial charge is 0.495 e. The molecule has 19 heavy (non-hydrogen) atoms. The van der Waals surface area contributed by atoms with E-state index in [1.807, 2.05) is 6.07 Å². The summed E-state index contributed by atoms with van der Waals surface area (Å²) in [5.41, 5.74) is 0.873. The second-order valence-corrected chi connectivity index (χ2v) is 5.19. The van der Waals surface area contributed by atoms with E-state index in [0.717, 1.165) is 0 Å². The first-order valence-corrected chi connectivity index (χ1v) is 7.08. The fourth-order valence-electron chi connectivity index (χ4n) is 1.56. The number of hydrogen-bond acceptors (Lipinski definition) is 3. The van der Waals surface area contributed by atoms with Crippen LogP contribution in [0.2, 0.25) is 0 Å². The van der Waals surface area contributed by atoms with Gasteiger partial charge in [-0.05, 0) is 24.3 Å². The lowest BCUT2D eigenvalue weighted by Crippen LogP contribution is -2.21. The number of para-hydroxylation sites is 3. The van der Waals surface area contributed by atoms with Crippen molar-refractivity contribution in [1.82, 2.24) is 0 Å². The first kappa shape index (κ1) is 13.2. The summed E-state index contributed by atoms with van der Waals surface area (Å²) in [7, 11) is -2.22. The van der Waals surface area contributed by atoms with E-state index in [1.54, 1.807) is 48.5 Å². The van der Waals surface area contributed by atoms with Crippen LogP contribution in [0.25, 0.3) is 0 Å². The van der Waals surface area contributed by atoms with E-state index in [4.69, 9.17) is 4.74 Å². The molecule has 0 aliphatic carbocycles. The van der Waals surface area contributed by atoms with Crippen molar-refractivity contribution in [1.29, 1.82) is 0 Å². The second-order valence-electron chi connectivity index (χ2n) is 3.77. The van der Waals surface area contributed by atoms with Gasteiger partial charge in [0, 0.05) is 0 Å². The summed E-state index contributed by atoms with van der Waals surface area (Å²) in [5, 5.41) is 0. The van der Waals surface area contributed by atoms with Crippen LogP contribution >= 0.6 is 0 Å². The molecule has 2 aromatic carbocycles. The Bertz CT molecular complexity index is 642. The molecule has 0 saturated heterocycles. The van der Waals surface area contributed by atoms with Gasteiger partial charge in [0.15, 0.2) is 0 Å². The third-order valence-electron chi connectivity index (χ3n) is 2.38.